The van der Waals surface area contributed by atoms with Gasteiger partial charge >= 0.3 is 0 Å². The minimum Gasteiger partial charge on any atom is -0.368 e. The standard InChI is InChI=1S/C10H11ClN4/c11-9-7-8(14-4-1-2-5-14)10-12-3-6-15(10)13-9/h3,6-7H,1-2,4-5H2. The van der Waals surface area contributed by atoms with Gasteiger partial charge in [-0.25, -0.2) is 9.50 Å². The van der Waals surface area contributed by atoms with Crippen molar-refractivity contribution in [3.63, 3.8) is 0 Å². The lowest BCUT2D eigenvalue weighted by Gasteiger charge is -2.17. The number of hydrogen-bond acceptors (Lipinski definition) is 3. The molecule has 1 saturated heterocycles. The summed E-state index contributed by atoms with van der Waals surface area (Å²) in [4.78, 5) is 6.62. The smallest absolute Gasteiger partial charge is 0.177 e. The topological polar surface area (TPSA) is 33.4 Å². The van der Waals surface area contributed by atoms with Crippen LogP contribution in [0, 0.1) is 0 Å². The van der Waals surface area contributed by atoms with E-state index in [-0.39, 0.29) is 0 Å². The van der Waals surface area contributed by atoms with E-state index in [0.29, 0.717) is 5.15 Å². The van der Waals surface area contributed by atoms with Crippen molar-refractivity contribution in [2.24, 2.45) is 0 Å². The maximum absolute atomic E-state index is 5.97. The Labute approximate surface area is 92.5 Å². The van der Waals surface area contributed by atoms with Crippen LogP contribution in [0.25, 0.3) is 5.65 Å². The Morgan fingerprint density at radius 1 is 1.27 bits per heavy atom. The van der Waals surface area contributed by atoms with Gasteiger partial charge in [-0.05, 0) is 12.8 Å². The van der Waals surface area contributed by atoms with Gasteiger partial charge in [-0.15, -0.1) is 0 Å². The molecule has 3 heterocycles. The van der Waals surface area contributed by atoms with E-state index < -0.39 is 0 Å². The Balaban J connectivity index is 2.18. The Bertz CT molecular complexity index is 487. The molecule has 0 atom stereocenters. The normalized spacial score (nSPS) is 16.5. The zero-order valence-corrected chi connectivity index (χ0v) is 8.98. The van der Waals surface area contributed by atoms with Gasteiger partial charge < -0.3 is 4.90 Å². The van der Waals surface area contributed by atoms with E-state index in [1.54, 1.807) is 10.7 Å². The summed E-state index contributed by atoms with van der Waals surface area (Å²) in [5, 5.41) is 4.68. The zero-order chi connectivity index (χ0) is 10.3. The molecular weight excluding hydrogens is 212 g/mol. The van der Waals surface area contributed by atoms with Crippen LogP contribution < -0.4 is 4.90 Å². The second-order valence-corrected chi connectivity index (χ2v) is 4.13. The third kappa shape index (κ3) is 1.45. The Kier molecular flexibility index (Phi) is 2.02. The van der Waals surface area contributed by atoms with E-state index in [2.05, 4.69) is 15.0 Å². The molecule has 0 saturated carbocycles. The SMILES string of the molecule is Clc1cc(N2CCCC2)c2nccn2n1. The molecule has 0 aliphatic carbocycles. The van der Waals surface area contributed by atoms with Gasteiger partial charge in [-0.2, -0.15) is 5.10 Å². The van der Waals surface area contributed by atoms with Gasteiger partial charge in [0.15, 0.2) is 10.8 Å². The number of anilines is 1. The summed E-state index contributed by atoms with van der Waals surface area (Å²) in [6, 6.07) is 1.90. The largest absolute Gasteiger partial charge is 0.368 e. The number of rotatable bonds is 1. The maximum Gasteiger partial charge on any atom is 0.177 e. The number of aromatic nitrogens is 3. The van der Waals surface area contributed by atoms with Crippen molar-refractivity contribution in [3.05, 3.63) is 23.6 Å². The van der Waals surface area contributed by atoms with E-state index in [0.717, 1.165) is 24.4 Å². The minimum atomic E-state index is 0.516. The molecule has 1 aliphatic rings. The number of nitrogens with zero attached hydrogens (tertiary/aromatic N) is 4. The molecule has 2 aromatic heterocycles. The third-order valence-electron chi connectivity index (χ3n) is 2.76. The lowest BCUT2D eigenvalue weighted by atomic mass is 10.4. The summed E-state index contributed by atoms with van der Waals surface area (Å²) >= 11 is 5.97. The first-order valence-corrected chi connectivity index (χ1v) is 5.47. The van der Waals surface area contributed by atoms with Gasteiger partial charge in [-0.3, -0.25) is 0 Å². The molecule has 2 aromatic rings. The van der Waals surface area contributed by atoms with Gasteiger partial charge in [0.05, 0.1) is 5.69 Å². The molecule has 1 fully saturated rings. The minimum absolute atomic E-state index is 0.516. The maximum atomic E-state index is 5.97. The second-order valence-electron chi connectivity index (χ2n) is 3.74. The Hall–Kier alpha value is -1.29. The van der Waals surface area contributed by atoms with E-state index in [1.807, 2.05) is 12.3 Å². The fourth-order valence-corrected chi connectivity index (χ4v) is 2.25. The molecule has 78 valence electrons. The van der Waals surface area contributed by atoms with Crippen molar-refractivity contribution in [3.8, 4) is 0 Å². The molecule has 1 aliphatic heterocycles. The lowest BCUT2D eigenvalue weighted by Crippen LogP contribution is -2.19. The number of halogens is 1. The van der Waals surface area contributed by atoms with Gasteiger partial charge in [-0.1, -0.05) is 11.6 Å². The molecule has 0 aromatic carbocycles. The number of imidazole rings is 1. The highest BCUT2D eigenvalue weighted by atomic mass is 35.5. The first-order chi connectivity index (χ1) is 7.34. The molecule has 3 rings (SSSR count). The van der Waals surface area contributed by atoms with Crippen LogP contribution in [0.5, 0.6) is 0 Å². The van der Waals surface area contributed by atoms with Crippen LogP contribution in [0.2, 0.25) is 5.15 Å². The fourth-order valence-electron chi connectivity index (χ4n) is 2.06. The fraction of sp³-hybridized carbons (Fsp3) is 0.400. The monoisotopic (exact) mass is 222 g/mol. The van der Waals surface area contributed by atoms with Gasteiger partial charge in [0, 0.05) is 31.5 Å². The third-order valence-corrected chi connectivity index (χ3v) is 2.94. The molecule has 0 spiro atoms. The van der Waals surface area contributed by atoms with Gasteiger partial charge in [0.1, 0.15) is 0 Å². The van der Waals surface area contributed by atoms with Crippen molar-refractivity contribution in [1.82, 2.24) is 14.6 Å². The van der Waals surface area contributed by atoms with Crippen LogP contribution in [-0.2, 0) is 0 Å². The van der Waals surface area contributed by atoms with Crippen LogP contribution in [0.4, 0.5) is 5.69 Å². The lowest BCUT2D eigenvalue weighted by molar-refractivity contribution is 0.905. The van der Waals surface area contributed by atoms with Crippen LogP contribution >= 0.6 is 11.6 Å². The second kappa shape index (κ2) is 3.38. The molecule has 4 nitrogen and oxygen atoms in total. The molecule has 0 radical (unpaired) electrons. The number of fused-ring (bicyclic) bond motifs is 1. The Morgan fingerprint density at radius 2 is 2.07 bits per heavy atom. The molecule has 0 amide bonds. The van der Waals surface area contributed by atoms with E-state index >= 15 is 0 Å². The van der Waals surface area contributed by atoms with Crippen molar-refractivity contribution in [2.45, 2.75) is 12.8 Å². The summed E-state index contributed by atoms with van der Waals surface area (Å²) in [6.07, 6.45) is 6.05. The number of hydrogen-bond donors (Lipinski definition) is 0. The molecular formula is C10H11ClN4. The van der Waals surface area contributed by atoms with Crippen molar-refractivity contribution < 1.29 is 0 Å². The molecule has 0 N–H and O–H groups in total. The average Bonchev–Trinajstić information content (AvgIpc) is 2.86. The van der Waals surface area contributed by atoms with E-state index in [4.69, 9.17) is 11.6 Å². The highest BCUT2D eigenvalue weighted by Crippen LogP contribution is 2.25. The van der Waals surface area contributed by atoms with Crippen LogP contribution in [0.15, 0.2) is 18.5 Å². The van der Waals surface area contributed by atoms with Gasteiger partial charge in [0.25, 0.3) is 0 Å². The predicted octanol–water partition coefficient (Wildman–Crippen LogP) is 1.98. The quantitative estimate of drug-likeness (QED) is 0.740. The Morgan fingerprint density at radius 3 is 2.87 bits per heavy atom. The molecule has 0 unspecified atom stereocenters. The van der Waals surface area contributed by atoms with E-state index in [9.17, 15) is 0 Å². The first-order valence-electron chi connectivity index (χ1n) is 5.09. The molecule has 5 heteroatoms. The van der Waals surface area contributed by atoms with Crippen molar-refractivity contribution in [2.75, 3.05) is 18.0 Å². The average molecular weight is 223 g/mol. The van der Waals surface area contributed by atoms with Crippen LogP contribution in [0.1, 0.15) is 12.8 Å². The summed E-state index contributed by atoms with van der Waals surface area (Å²) in [6.45, 7) is 2.17. The molecule has 15 heavy (non-hydrogen) atoms. The highest BCUT2D eigenvalue weighted by Gasteiger charge is 2.17. The summed E-state index contributed by atoms with van der Waals surface area (Å²) in [7, 11) is 0. The highest BCUT2D eigenvalue weighted by molar-refractivity contribution is 6.29. The van der Waals surface area contributed by atoms with Crippen LogP contribution in [0.3, 0.4) is 0 Å². The van der Waals surface area contributed by atoms with Crippen molar-refractivity contribution >= 4 is 22.9 Å². The van der Waals surface area contributed by atoms with Crippen LogP contribution in [-0.4, -0.2) is 27.7 Å². The van der Waals surface area contributed by atoms with E-state index in [1.165, 1.54) is 12.8 Å². The summed E-state index contributed by atoms with van der Waals surface area (Å²) in [5.74, 6) is 0. The van der Waals surface area contributed by atoms with Gasteiger partial charge in [0.2, 0.25) is 0 Å². The van der Waals surface area contributed by atoms with Crippen molar-refractivity contribution in [1.29, 1.82) is 0 Å². The zero-order valence-electron chi connectivity index (χ0n) is 8.23. The predicted molar refractivity (Wildman–Crippen MR) is 59.4 cm³/mol. The summed E-state index contributed by atoms with van der Waals surface area (Å²) in [5.41, 5.74) is 1.99. The molecule has 0 bridgehead atoms. The summed E-state index contributed by atoms with van der Waals surface area (Å²) < 4.78 is 1.73. The first kappa shape index (κ1) is 8.97.